The summed E-state index contributed by atoms with van der Waals surface area (Å²) in [7, 11) is 0. The topological polar surface area (TPSA) is 21.1 Å². The molecule has 1 aromatic heterocycles. The zero-order chi connectivity index (χ0) is 10.7. The molecule has 1 atom stereocenters. The van der Waals surface area contributed by atoms with Crippen molar-refractivity contribution in [3.63, 3.8) is 0 Å². The van der Waals surface area contributed by atoms with E-state index in [1.54, 1.807) is 0 Å². The Morgan fingerprint density at radius 1 is 1.47 bits per heavy atom. The smallest absolute Gasteiger partial charge is 0.122 e. The van der Waals surface area contributed by atoms with E-state index in [0.29, 0.717) is 0 Å². The molecule has 1 aliphatic rings. The van der Waals surface area contributed by atoms with Gasteiger partial charge in [0.15, 0.2) is 0 Å². The van der Waals surface area contributed by atoms with Crippen LogP contribution in [0, 0.1) is 0 Å². The quantitative estimate of drug-likeness (QED) is 0.758. The number of imidazole rings is 1. The fourth-order valence-corrected chi connectivity index (χ4v) is 2.35. The lowest BCUT2D eigenvalue weighted by molar-refractivity contribution is 0.147. The molecule has 84 valence electrons. The molecule has 2 heterocycles. The number of aryl methyl sites for hydroxylation is 1. The molecule has 0 saturated carbocycles. The van der Waals surface area contributed by atoms with Crippen LogP contribution in [0.5, 0.6) is 0 Å². The fourth-order valence-electron chi connectivity index (χ4n) is 2.35. The Bertz CT molecular complexity index is 306. The molecule has 0 radical (unpaired) electrons. The highest BCUT2D eigenvalue weighted by atomic mass is 15.2. The number of nitrogens with zero attached hydrogens (tertiary/aromatic N) is 3. The Balaban J connectivity index is 2.01. The minimum atomic E-state index is 0.723. The highest BCUT2D eigenvalue weighted by Gasteiger charge is 2.19. The molecule has 15 heavy (non-hydrogen) atoms. The summed E-state index contributed by atoms with van der Waals surface area (Å²) in [4.78, 5) is 6.99. The first-order valence-corrected chi connectivity index (χ1v) is 6.05. The van der Waals surface area contributed by atoms with Crippen molar-refractivity contribution < 1.29 is 0 Å². The summed E-state index contributed by atoms with van der Waals surface area (Å²) in [6, 6.07) is 0.723. The number of hydrogen-bond donors (Lipinski definition) is 0. The Hall–Kier alpha value is -0.830. The zero-order valence-corrected chi connectivity index (χ0v) is 9.82. The van der Waals surface area contributed by atoms with Gasteiger partial charge in [0.25, 0.3) is 0 Å². The molecular formula is C12H21N3. The molecule has 0 aromatic carbocycles. The number of aromatic nitrogens is 2. The van der Waals surface area contributed by atoms with Gasteiger partial charge in [-0.2, -0.15) is 0 Å². The van der Waals surface area contributed by atoms with Crippen molar-refractivity contribution in [1.29, 1.82) is 0 Å². The zero-order valence-electron chi connectivity index (χ0n) is 9.82. The van der Waals surface area contributed by atoms with Gasteiger partial charge >= 0.3 is 0 Å². The van der Waals surface area contributed by atoms with Gasteiger partial charge in [-0.05, 0) is 33.2 Å². The largest absolute Gasteiger partial charge is 0.334 e. The van der Waals surface area contributed by atoms with Gasteiger partial charge in [0.2, 0.25) is 0 Å². The van der Waals surface area contributed by atoms with Crippen molar-refractivity contribution in [2.75, 3.05) is 6.54 Å². The van der Waals surface area contributed by atoms with Crippen LogP contribution in [-0.2, 0) is 13.1 Å². The maximum Gasteiger partial charge on any atom is 0.122 e. The maximum absolute atomic E-state index is 4.44. The van der Waals surface area contributed by atoms with Crippen LogP contribution in [0.15, 0.2) is 12.4 Å². The van der Waals surface area contributed by atoms with Crippen LogP contribution in [0.3, 0.4) is 0 Å². The van der Waals surface area contributed by atoms with E-state index in [4.69, 9.17) is 0 Å². The molecule has 1 fully saturated rings. The monoisotopic (exact) mass is 207 g/mol. The van der Waals surface area contributed by atoms with Gasteiger partial charge in [0, 0.05) is 25.0 Å². The van der Waals surface area contributed by atoms with Crippen LogP contribution in [0.25, 0.3) is 0 Å². The molecule has 3 heteroatoms. The maximum atomic E-state index is 4.44. The van der Waals surface area contributed by atoms with E-state index in [9.17, 15) is 0 Å². The molecule has 1 aromatic rings. The Morgan fingerprint density at radius 3 is 3.07 bits per heavy atom. The molecule has 0 aliphatic carbocycles. The second-order valence-corrected chi connectivity index (χ2v) is 4.44. The van der Waals surface area contributed by atoms with Crippen molar-refractivity contribution >= 4 is 0 Å². The minimum absolute atomic E-state index is 0.723. The second kappa shape index (κ2) is 4.79. The van der Waals surface area contributed by atoms with Crippen LogP contribution in [0.2, 0.25) is 0 Å². The lowest BCUT2D eigenvalue weighted by Gasteiger charge is -2.32. The number of rotatable bonds is 3. The van der Waals surface area contributed by atoms with Crippen LogP contribution in [0.1, 0.15) is 38.9 Å². The predicted octanol–water partition coefficient (Wildman–Crippen LogP) is 2.28. The van der Waals surface area contributed by atoms with Gasteiger partial charge in [-0.1, -0.05) is 6.42 Å². The van der Waals surface area contributed by atoms with E-state index in [-0.39, 0.29) is 0 Å². The molecule has 2 rings (SSSR count). The van der Waals surface area contributed by atoms with Crippen molar-refractivity contribution in [1.82, 2.24) is 14.5 Å². The van der Waals surface area contributed by atoms with E-state index < -0.39 is 0 Å². The van der Waals surface area contributed by atoms with Gasteiger partial charge in [-0.3, -0.25) is 4.90 Å². The van der Waals surface area contributed by atoms with E-state index in [0.717, 1.165) is 19.1 Å². The molecule has 1 aliphatic heterocycles. The third-order valence-electron chi connectivity index (χ3n) is 3.43. The van der Waals surface area contributed by atoms with Crippen molar-refractivity contribution in [3.8, 4) is 0 Å². The fraction of sp³-hybridized carbons (Fsp3) is 0.750. The highest BCUT2D eigenvalue weighted by Crippen LogP contribution is 2.18. The van der Waals surface area contributed by atoms with Gasteiger partial charge in [0.1, 0.15) is 5.82 Å². The summed E-state index contributed by atoms with van der Waals surface area (Å²) in [5, 5.41) is 0. The first kappa shape index (κ1) is 10.7. The van der Waals surface area contributed by atoms with E-state index >= 15 is 0 Å². The third kappa shape index (κ3) is 2.40. The van der Waals surface area contributed by atoms with E-state index in [1.807, 2.05) is 6.20 Å². The van der Waals surface area contributed by atoms with Gasteiger partial charge in [-0.25, -0.2) is 4.98 Å². The predicted molar refractivity (Wildman–Crippen MR) is 61.6 cm³/mol. The summed E-state index contributed by atoms with van der Waals surface area (Å²) in [6.07, 6.45) is 8.06. The van der Waals surface area contributed by atoms with Crippen molar-refractivity contribution in [3.05, 3.63) is 18.2 Å². The number of likely N-dealkylation sites (tertiary alicyclic amines) is 1. The van der Waals surface area contributed by atoms with Crippen LogP contribution >= 0.6 is 0 Å². The number of piperidine rings is 1. The average Bonchev–Trinajstić information content (AvgIpc) is 2.69. The Morgan fingerprint density at radius 2 is 2.33 bits per heavy atom. The van der Waals surface area contributed by atoms with Crippen LogP contribution < -0.4 is 0 Å². The van der Waals surface area contributed by atoms with Gasteiger partial charge in [-0.15, -0.1) is 0 Å². The first-order chi connectivity index (χ1) is 7.31. The summed E-state index contributed by atoms with van der Waals surface area (Å²) in [5.74, 6) is 1.21. The summed E-state index contributed by atoms with van der Waals surface area (Å²) in [6.45, 7) is 7.78. The normalized spacial score (nSPS) is 23.2. The first-order valence-electron chi connectivity index (χ1n) is 6.05. The SMILES string of the molecule is CCn1ccnc1CN1CCCCC1C. The second-order valence-electron chi connectivity index (χ2n) is 4.44. The van der Waals surface area contributed by atoms with E-state index in [2.05, 4.69) is 34.5 Å². The number of hydrogen-bond acceptors (Lipinski definition) is 2. The molecule has 0 N–H and O–H groups in total. The molecule has 0 amide bonds. The van der Waals surface area contributed by atoms with Crippen molar-refractivity contribution in [2.45, 2.75) is 52.2 Å². The van der Waals surface area contributed by atoms with Crippen molar-refractivity contribution in [2.24, 2.45) is 0 Å². The third-order valence-corrected chi connectivity index (χ3v) is 3.43. The Labute approximate surface area is 92.1 Å². The molecule has 0 bridgehead atoms. The standard InChI is InChI=1S/C12H21N3/c1-3-14-9-7-13-12(14)10-15-8-5-4-6-11(15)2/h7,9,11H,3-6,8,10H2,1-2H3. The lowest BCUT2D eigenvalue weighted by atomic mass is 10.0. The van der Waals surface area contributed by atoms with E-state index in [1.165, 1.54) is 31.6 Å². The summed E-state index contributed by atoms with van der Waals surface area (Å²) in [5.41, 5.74) is 0. The van der Waals surface area contributed by atoms with Gasteiger partial charge in [0.05, 0.1) is 6.54 Å². The van der Waals surface area contributed by atoms with Gasteiger partial charge < -0.3 is 4.57 Å². The van der Waals surface area contributed by atoms with Crippen LogP contribution in [0.4, 0.5) is 0 Å². The highest BCUT2D eigenvalue weighted by molar-refractivity contribution is 4.93. The van der Waals surface area contributed by atoms with Crippen LogP contribution in [-0.4, -0.2) is 27.0 Å². The Kier molecular flexibility index (Phi) is 3.41. The molecule has 1 unspecified atom stereocenters. The molecule has 0 spiro atoms. The summed E-state index contributed by atoms with van der Waals surface area (Å²) >= 11 is 0. The lowest BCUT2D eigenvalue weighted by Crippen LogP contribution is -2.37. The molecule has 3 nitrogen and oxygen atoms in total. The summed E-state index contributed by atoms with van der Waals surface area (Å²) < 4.78 is 2.24. The molecular weight excluding hydrogens is 186 g/mol. The minimum Gasteiger partial charge on any atom is -0.334 e. The molecule has 1 saturated heterocycles. The average molecular weight is 207 g/mol.